The third-order valence-corrected chi connectivity index (χ3v) is 3.05. The zero-order chi connectivity index (χ0) is 11.3. The van der Waals surface area contributed by atoms with E-state index >= 15 is 0 Å². The van der Waals surface area contributed by atoms with E-state index in [1.54, 1.807) is 0 Å². The van der Waals surface area contributed by atoms with E-state index in [9.17, 15) is 4.79 Å². The predicted octanol–water partition coefficient (Wildman–Crippen LogP) is 0.262. The van der Waals surface area contributed by atoms with Gasteiger partial charge in [-0.15, -0.1) is 0 Å². The summed E-state index contributed by atoms with van der Waals surface area (Å²) >= 11 is 0. The molecule has 0 radical (unpaired) electrons. The van der Waals surface area contributed by atoms with Crippen LogP contribution in [-0.2, 0) is 4.79 Å². The standard InChI is InChI=1S/C11H22N2O2/c1-3-10(7-14)13-11(15)9-4-5-12-8(2)6-9/h8-10,12,14H,3-7H2,1-2H3,(H,13,15)/t8?,9?,10-/m0/s1. The molecule has 0 aromatic heterocycles. The molecule has 0 spiro atoms. The van der Waals surface area contributed by atoms with Gasteiger partial charge in [0.05, 0.1) is 12.6 Å². The summed E-state index contributed by atoms with van der Waals surface area (Å²) in [6.45, 7) is 5.01. The maximum atomic E-state index is 11.8. The number of rotatable bonds is 4. The third kappa shape index (κ3) is 3.80. The van der Waals surface area contributed by atoms with Crippen LogP contribution in [0, 0.1) is 5.92 Å². The lowest BCUT2D eigenvalue weighted by molar-refractivity contribution is -0.127. The number of amides is 1. The summed E-state index contributed by atoms with van der Waals surface area (Å²) in [5.74, 6) is 0.214. The fourth-order valence-electron chi connectivity index (χ4n) is 1.97. The Morgan fingerprint density at radius 3 is 2.93 bits per heavy atom. The van der Waals surface area contributed by atoms with E-state index in [2.05, 4.69) is 17.6 Å². The molecule has 4 nitrogen and oxygen atoms in total. The minimum absolute atomic E-state index is 0.0305. The Hall–Kier alpha value is -0.610. The molecule has 88 valence electrons. The average molecular weight is 214 g/mol. The van der Waals surface area contributed by atoms with Crippen LogP contribution < -0.4 is 10.6 Å². The van der Waals surface area contributed by atoms with Gasteiger partial charge in [-0.05, 0) is 32.7 Å². The van der Waals surface area contributed by atoms with Crippen molar-refractivity contribution in [1.29, 1.82) is 0 Å². The molecule has 1 fully saturated rings. The lowest BCUT2D eigenvalue weighted by Crippen LogP contribution is -2.46. The van der Waals surface area contributed by atoms with Crippen LogP contribution in [0.1, 0.15) is 33.1 Å². The summed E-state index contributed by atoms with van der Waals surface area (Å²) < 4.78 is 0. The van der Waals surface area contributed by atoms with E-state index in [0.29, 0.717) is 6.04 Å². The Kier molecular flexibility index (Phi) is 5.05. The highest BCUT2D eigenvalue weighted by molar-refractivity contribution is 5.79. The van der Waals surface area contributed by atoms with Crippen molar-refractivity contribution < 1.29 is 9.90 Å². The first-order valence-electron chi connectivity index (χ1n) is 5.82. The van der Waals surface area contributed by atoms with Crippen molar-refractivity contribution in [2.75, 3.05) is 13.2 Å². The smallest absolute Gasteiger partial charge is 0.223 e. The minimum atomic E-state index is -0.0808. The molecule has 1 aliphatic heterocycles. The van der Waals surface area contributed by atoms with Crippen molar-refractivity contribution in [3.8, 4) is 0 Å². The first kappa shape index (κ1) is 12.5. The van der Waals surface area contributed by atoms with Gasteiger partial charge in [-0.3, -0.25) is 4.79 Å². The lowest BCUT2D eigenvalue weighted by Gasteiger charge is -2.28. The van der Waals surface area contributed by atoms with Crippen LogP contribution in [0.4, 0.5) is 0 Å². The van der Waals surface area contributed by atoms with Gasteiger partial charge in [0, 0.05) is 12.0 Å². The number of piperidine rings is 1. The molecule has 3 N–H and O–H groups in total. The fraction of sp³-hybridized carbons (Fsp3) is 0.909. The Morgan fingerprint density at radius 2 is 2.40 bits per heavy atom. The molecule has 15 heavy (non-hydrogen) atoms. The zero-order valence-corrected chi connectivity index (χ0v) is 9.62. The number of carbonyl (C=O) groups excluding carboxylic acids is 1. The largest absolute Gasteiger partial charge is 0.394 e. The Balaban J connectivity index is 2.38. The van der Waals surface area contributed by atoms with E-state index in [4.69, 9.17) is 5.11 Å². The highest BCUT2D eigenvalue weighted by atomic mass is 16.3. The maximum absolute atomic E-state index is 11.8. The zero-order valence-electron chi connectivity index (χ0n) is 9.62. The molecule has 0 aromatic rings. The number of nitrogens with one attached hydrogen (secondary N) is 2. The Morgan fingerprint density at radius 1 is 1.67 bits per heavy atom. The Labute approximate surface area is 91.4 Å². The third-order valence-electron chi connectivity index (χ3n) is 3.05. The van der Waals surface area contributed by atoms with E-state index in [1.165, 1.54) is 0 Å². The molecular weight excluding hydrogens is 192 g/mol. The van der Waals surface area contributed by atoms with Crippen molar-refractivity contribution in [3.63, 3.8) is 0 Å². The van der Waals surface area contributed by atoms with Gasteiger partial charge >= 0.3 is 0 Å². The molecule has 2 unspecified atom stereocenters. The topological polar surface area (TPSA) is 61.4 Å². The lowest BCUT2D eigenvalue weighted by atomic mass is 9.92. The van der Waals surface area contributed by atoms with Crippen LogP contribution in [0.15, 0.2) is 0 Å². The highest BCUT2D eigenvalue weighted by Gasteiger charge is 2.25. The Bertz CT molecular complexity index is 205. The number of hydrogen-bond acceptors (Lipinski definition) is 3. The highest BCUT2D eigenvalue weighted by Crippen LogP contribution is 2.16. The molecular formula is C11H22N2O2. The quantitative estimate of drug-likeness (QED) is 0.629. The molecule has 0 aliphatic carbocycles. The fourth-order valence-corrected chi connectivity index (χ4v) is 1.97. The van der Waals surface area contributed by atoms with Crippen molar-refractivity contribution in [1.82, 2.24) is 10.6 Å². The van der Waals surface area contributed by atoms with Gasteiger partial charge in [0.15, 0.2) is 0 Å². The SMILES string of the molecule is CC[C@@H](CO)NC(=O)C1CCNC(C)C1. The first-order chi connectivity index (χ1) is 7.17. The van der Waals surface area contributed by atoms with E-state index in [-0.39, 0.29) is 24.5 Å². The van der Waals surface area contributed by atoms with Crippen LogP contribution in [-0.4, -0.2) is 36.2 Å². The van der Waals surface area contributed by atoms with E-state index < -0.39 is 0 Å². The number of aliphatic hydroxyl groups excluding tert-OH is 1. The van der Waals surface area contributed by atoms with Crippen LogP contribution in [0.25, 0.3) is 0 Å². The van der Waals surface area contributed by atoms with Gasteiger partial charge in [0.25, 0.3) is 0 Å². The van der Waals surface area contributed by atoms with Gasteiger partial charge in [-0.1, -0.05) is 6.92 Å². The summed E-state index contributed by atoms with van der Waals surface area (Å²) in [5, 5.41) is 15.2. The van der Waals surface area contributed by atoms with Crippen LogP contribution >= 0.6 is 0 Å². The van der Waals surface area contributed by atoms with Gasteiger partial charge < -0.3 is 15.7 Å². The van der Waals surface area contributed by atoms with E-state index in [1.807, 2.05) is 6.92 Å². The second-order valence-corrected chi connectivity index (χ2v) is 4.37. The molecule has 0 bridgehead atoms. The maximum Gasteiger partial charge on any atom is 0.223 e. The molecule has 1 rings (SSSR count). The molecule has 1 aliphatic rings. The van der Waals surface area contributed by atoms with Gasteiger partial charge in [-0.2, -0.15) is 0 Å². The molecule has 4 heteroatoms. The molecule has 0 saturated carbocycles. The molecule has 1 amide bonds. The van der Waals surface area contributed by atoms with Gasteiger partial charge in [0.2, 0.25) is 5.91 Å². The summed E-state index contributed by atoms with van der Waals surface area (Å²) in [7, 11) is 0. The van der Waals surface area contributed by atoms with Crippen molar-refractivity contribution in [2.24, 2.45) is 5.92 Å². The first-order valence-corrected chi connectivity index (χ1v) is 5.82. The second kappa shape index (κ2) is 6.08. The number of carbonyl (C=O) groups is 1. The van der Waals surface area contributed by atoms with Crippen molar-refractivity contribution >= 4 is 5.91 Å². The van der Waals surface area contributed by atoms with Crippen LogP contribution in [0.3, 0.4) is 0 Å². The molecule has 3 atom stereocenters. The van der Waals surface area contributed by atoms with Crippen LogP contribution in [0.5, 0.6) is 0 Å². The second-order valence-electron chi connectivity index (χ2n) is 4.37. The predicted molar refractivity (Wildman–Crippen MR) is 59.5 cm³/mol. The normalized spacial score (nSPS) is 28.5. The van der Waals surface area contributed by atoms with Gasteiger partial charge in [-0.25, -0.2) is 0 Å². The van der Waals surface area contributed by atoms with Crippen molar-refractivity contribution in [2.45, 2.75) is 45.2 Å². The number of hydrogen-bond donors (Lipinski definition) is 3. The summed E-state index contributed by atoms with van der Waals surface area (Å²) in [6, 6.07) is 0.339. The van der Waals surface area contributed by atoms with E-state index in [0.717, 1.165) is 25.8 Å². The summed E-state index contributed by atoms with van der Waals surface area (Å²) in [6.07, 6.45) is 2.58. The summed E-state index contributed by atoms with van der Waals surface area (Å²) in [4.78, 5) is 11.8. The monoisotopic (exact) mass is 214 g/mol. The molecule has 0 aromatic carbocycles. The van der Waals surface area contributed by atoms with Crippen LogP contribution in [0.2, 0.25) is 0 Å². The van der Waals surface area contributed by atoms with Crippen molar-refractivity contribution in [3.05, 3.63) is 0 Å². The average Bonchev–Trinajstić information content (AvgIpc) is 2.25. The van der Waals surface area contributed by atoms with Gasteiger partial charge in [0.1, 0.15) is 0 Å². The number of aliphatic hydroxyl groups is 1. The molecule has 1 heterocycles. The minimum Gasteiger partial charge on any atom is -0.394 e. The molecule has 1 saturated heterocycles. The summed E-state index contributed by atoms with van der Waals surface area (Å²) in [5.41, 5.74) is 0.